The highest BCUT2D eigenvalue weighted by atomic mass is 19.4. The molecule has 4 bridgehead atoms. The Hall–Kier alpha value is -0.460. The molecule has 4 saturated carbocycles. The Balaban J connectivity index is 1.99. The first kappa shape index (κ1) is 16.4. The van der Waals surface area contributed by atoms with Crippen molar-refractivity contribution in [3.63, 3.8) is 0 Å². The summed E-state index contributed by atoms with van der Waals surface area (Å²) in [5, 5.41) is 9.76. The first-order valence-corrected chi connectivity index (χ1v) is 7.75. The molecule has 22 heavy (non-hydrogen) atoms. The number of hydrogen-bond acceptors (Lipinski definition) is 1. The molecular formula is C15H20F6O. The van der Waals surface area contributed by atoms with Crippen molar-refractivity contribution >= 4 is 0 Å². The zero-order valence-corrected chi connectivity index (χ0v) is 12.3. The van der Waals surface area contributed by atoms with Gasteiger partial charge in [0.1, 0.15) is 0 Å². The normalized spacial score (nSPS) is 40.1. The van der Waals surface area contributed by atoms with Crippen LogP contribution in [0.3, 0.4) is 0 Å². The molecule has 0 aromatic rings. The van der Waals surface area contributed by atoms with Gasteiger partial charge < -0.3 is 5.11 Å². The van der Waals surface area contributed by atoms with E-state index < -0.39 is 29.3 Å². The third kappa shape index (κ3) is 2.10. The molecule has 4 fully saturated rings. The summed E-state index contributed by atoms with van der Waals surface area (Å²) in [7, 11) is 0. The third-order valence-electron chi connectivity index (χ3n) is 6.50. The number of aliphatic hydroxyl groups is 1. The minimum Gasteiger partial charge on any atom is -0.373 e. The second-order valence-electron chi connectivity index (χ2n) is 7.76. The fraction of sp³-hybridized carbons (Fsp3) is 1.00. The highest BCUT2D eigenvalue weighted by Crippen LogP contribution is 2.66. The SMILES string of the molecule is CC(C12CC3CC(CC(C3)C1)C2)C(O)(C(F)(F)F)C(F)(F)F. The molecule has 1 unspecified atom stereocenters. The fourth-order valence-electron chi connectivity index (χ4n) is 5.80. The van der Waals surface area contributed by atoms with Crippen LogP contribution in [0.15, 0.2) is 0 Å². The molecule has 4 rings (SSSR count). The second-order valence-corrected chi connectivity index (χ2v) is 7.76. The predicted octanol–water partition coefficient (Wildman–Crippen LogP) is 4.69. The summed E-state index contributed by atoms with van der Waals surface area (Å²) in [5.41, 5.74) is -5.65. The summed E-state index contributed by atoms with van der Waals surface area (Å²) in [6.45, 7) is 0.953. The monoisotopic (exact) mass is 330 g/mol. The van der Waals surface area contributed by atoms with Crippen molar-refractivity contribution in [2.75, 3.05) is 0 Å². The Morgan fingerprint density at radius 2 is 1.14 bits per heavy atom. The Kier molecular flexibility index (Phi) is 3.39. The lowest BCUT2D eigenvalue weighted by atomic mass is 9.45. The van der Waals surface area contributed by atoms with Crippen LogP contribution in [-0.4, -0.2) is 23.1 Å². The van der Waals surface area contributed by atoms with Crippen LogP contribution >= 0.6 is 0 Å². The Morgan fingerprint density at radius 3 is 1.41 bits per heavy atom. The van der Waals surface area contributed by atoms with Gasteiger partial charge in [-0.05, 0) is 61.7 Å². The molecule has 0 aromatic carbocycles. The van der Waals surface area contributed by atoms with Crippen LogP contribution in [0.5, 0.6) is 0 Å². The standard InChI is InChI=1S/C15H20F6O/c1-8(13(22,14(16,17)18)15(19,20)21)12-5-9-2-10(6-12)4-11(3-9)7-12/h8-11,22H,2-7H2,1H3. The smallest absolute Gasteiger partial charge is 0.373 e. The van der Waals surface area contributed by atoms with E-state index in [0.29, 0.717) is 19.3 Å². The molecule has 0 saturated heterocycles. The van der Waals surface area contributed by atoms with Crippen molar-refractivity contribution < 1.29 is 31.4 Å². The molecule has 1 nitrogen and oxygen atoms in total. The topological polar surface area (TPSA) is 20.2 Å². The van der Waals surface area contributed by atoms with Gasteiger partial charge in [0, 0.05) is 5.92 Å². The number of hydrogen-bond donors (Lipinski definition) is 1. The van der Waals surface area contributed by atoms with Gasteiger partial charge in [-0.2, -0.15) is 26.3 Å². The van der Waals surface area contributed by atoms with Crippen molar-refractivity contribution in [2.45, 2.75) is 63.4 Å². The summed E-state index contributed by atoms with van der Waals surface area (Å²) >= 11 is 0. The van der Waals surface area contributed by atoms with Crippen LogP contribution in [0.4, 0.5) is 26.3 Å². The minimum absolute atomic E-state index is 0.222. The molecule has 0 amide bonds. The van der Waals surface area contributed by atoms with Gasteiger partial charge >= 0.3 is 12.4 Å². The molecule has 128 valence electrons. The van der Waals surface area contributed by atoms with Crippen molar-refractivity contribution in [1.82, 2.24) is 0 Å². The first-order chi connectivity index (χ1) is 9.89. The number of alkyl halides is 6. The lowest BCUT2D eigenvalue weighted by molar-refractivity contribution is -0.397. The molecule has 0 aromatic heterocycles. The van der Waals surface area contributed by atoms with Gasteiger partial charge in [-0.1, -0.05) is 6.92 Å². The number of rotatable bonds is 2. The van der Waals surface area contributed by atoms with Crippen molar-refractivity contribution in [3.8, 4) is 0 Å². The third-order valence-corrected chi connectivity index (χ3v) is 6.50. The van der Waals surface area contributed by atoms with E-state index in [0.717, 1.165) is 26.2 Å². The summed E-state index contributed by atoms with van der Waals surface area (Å²) in [5.74, 6) is -1.20. The van der Waals surface area contributed by atoms with E-state index in [2.05, 4.69) is 0 Å². The summed E-state index contributed by atoms with van der Waals surface area (Å²) in [6, 6.07) is 0. The summed E-state index contributed by atoms with van der Waals surface area (Å²) in [6.07, 6.45) is -7.52. The lowest BCUT2D eigenvalue weighted by Gasteiger charge is -2.61. The maximum absolute atomic E-state index is 13.2. The average Bonchev–Trinajstić information content (AvgIpc) is 2.32. The van der Waals surface area contributed by atoms with Crippen LogP contribution in [0.25, 0.3) is 0 Å². The first-order valence-electron chi connectivity index (χ1n) is 7.75. The van der Waals surface area contributed by atoms with E-state index in [1.54, 1.807) is 0 Å². The van der Waals surface area contributed by atoms with Crippen molar-refractivity contribution in [2.24, 2.45) is 29.1 Å². The quantitative estimate of drug-likeness (QED) is 0.728. The lowest BCUT2D eigenvalue weighted by Crippen LogP contribution is -2.66. The van der Waals surface area contributed by atoms with Gasteiger partial charge in [0.05, 0.1) is 0 Å². The van der Waals surface area contributed by atoms with Crippen molar-refractivity contribution in [1.29, 1.82) is 0 Å². The average molecular weight is 330 g/mol. The molecular weight excluding hydrogens is 310 g/mol. The van der Waals surface area contributed by atoms with Gasteiger partial charge in [0.25, 0.3) is 5.60 Å². The predicted molar refractivity (Wildman–Crippen MR) is 66.8 cm³/mol. The Bertz CT molecular complexity index is 403. The largest absolute Gasteiger partial charge is 0.426 e. The van der Waals surface area contributed by atoms with Crippen LogP contribution in [0.2, 0.25) is 0 Å². The molecule has 4 aliphatic carbocycles. The van der Waals surface area contributed by atoms with Crippen LogP contribution in [0.1, 0.15) is 45.4 Å². The summed E-state index contributed by atoms with van der Waals surface area (Å²) in [4.78, 5) is 0. The van der Waals surface area contributed by atoms with E-state index in [1.165, 1.54) is 0 Å². The zero-order valence-electron chi connectivity index (χ0n) is 12.3. The molecule has 1 N–H and O–H groups in total. The maximum Gasteiger partial charge on any atom is 0.426 e. The molecule has 1 atom stereocenters. The highest BCUT2D eigenvalue weighted by molar-refractivity contribution is 5.10. The van der Waals surface area contributed by atoms with Crippen LogP contribution in [-0.2, 0) is 0 Å². The van der Waals surface area contributed by atoms with Gasteiger partial charge in [-0.15, -0.1) is 0 Å². The van der Waals surface area contributed by atoms with E-state index in [1.807, 2.05) is 0 Å². The number of halogens is 6. The Morgan fingerprint density at radius 1 is 0.818 bits per heavy atom. The van der Waals surface area contributed by atoms with Crippen LogP contribution in [0, 0.1) is 29.1 Å². The van der Waals surface area contributed by atoms with Gasteiger partial charge in [-0.3, -0.25) is 0 Å². The van der Waals surface area contributed by atoms with E-state index in [4.69, 9.17) is 0 Å². The highest BCUT2D eigenvalue weighted by Gasteiger charge is 2.76. The minimum atomic E-state index is -5.71. The zero-order chi connectivity index (χ0) is 16.6. The Labute approximate surface area is 125 Å². The van der Waals surface area contributed by atoms with Gasteiger partial charge in [0.15, 0.2) is 0 Å². The summed E-state index contributed by atoms with van der Waals surface area (Å²) < 4.78 is 79.0. The van der Waals surface area contributed by atoms with Crippen LogP contribution < -0.4 is 0 Å². The molecule has 0 heterocycles. The van der Waals surface area contributed by atoms with Gasteiger partial charge in [0.2, 0.25) is 0 Å². The van der Waals surface area contributed by atoms with E-state index >= 15 is 0 Å². The maximum atomic E-state index is 13.2. The molecule has 0 aliphatic heterocycles. The molecule has 7 heteroatoms. The fourth-order valence-corrected chi connectivity index (χ4v) is 5.80. The second kappa shape index (κ2) is 4.54. The van der Waals surface area contributed by atoms with E-state index in [9.17, 15) is 31.4 Å². The molecule has 0 radical (unpaired) electrons. The van der Waals surface area contributed by atoms with Crippen molar-refractivity contribution in [3.05, 3.63) is 0 Å². The van der Waals surface area contributed by atoms with E-state index in [-0.39, 0.29) is 17.8 Å². The van der Waals surface area contributed by atoms with Gasteiger partial charge in [-0.25, -0.2) is 0 Å². The molecule has 0 spiro atoms. The molecule has 4 aliphatic rings.